The molecule has 0 amide bonds. The summed E-state index contributed by atoms with van der Waals surface area (Å²) in [6.07, 6.45) is 3.56. The zero-order valence-electron chi connectivity index (χ0n) is 10.9. The number of hydrogen-bond acceptors (Lipinski definition) is 8. The Bertz CT molecular complexity index is 459. The van der Waals surface area contributed by atoms with Crippen LogP contribution in [0.15, 0.2) is 9.98 Å². The summed E-state index contributed by atoms with van der Waals surface area (Å²) >= 11 is 0. The first-order valence-electron chi connectivity index (χ1n) is 6.14. The lowest BCUT2D eigenvalue weighted by Gasteiger charge is -2.32. The van der Waals surface area contributed by atoms with Crippen LogP contribution in [-0.2, 0) is 0 Å². The summed E-state index contributed by atoms with van der Waals surface area (Å²) in [6.45, 7) is 4.23. The van der Waals surface area contributed by atoms with Crippen molar-refractivity contribution in [3.63, 3.8) is 0 Å². The minimum absolute atomic E-state index is 0.514. The van der Waals surface area contributed by atoms with E-state index in [1.807, 2.05) is 6.19 Å². The largest absolute Gasteiger partial charge is 0.343 e. The van der Waals surface area contributed by atoms with Crippen LogP contribution in [0, 0.1) is 22.9 Å². The summed E-state index contributed by atoms with van der Waals surface area (Å²) in [5.41, 5.74) is 0. The minimum atomic E-state index is 0.514. The first-order valence-corrected chi connectivity index (χ1v) is 6.14. The van der Waals surface area contributed by atoms with Crippen molar-refractivity contribution in [3.8, 4) is 12.4 Å². The Morgan fingerprint density at radius 1 is 1.15 bits per heavy atom. The van der Waals surface area contributed by atoms with Gasteiger partial charge in [0.2, 0.25) is 18.1 Å². The average molecular weight is 276 g/mol. The van der Waals surface area contributed by atoms with Crippen LogP contribution in [0.2, 0.25) is 0 Å². The number of hydrogen-bond donors (Lipinski definition) is 4. The quantitative estimate of drug-likeness (QED) is 0.328. The molecule has 0 aliphatic carbocycles. The predicted octanol–water partition coefficient (Wildman–Crippen LogP) is -2.52. The van der Waals surface area contributed by atoms with Crippen LogP contribution in [0.5, 0.6) is 0 Å². The molecule has 2 aliphatic heterocycles. The number of aliphatic imine (C=N–C) groups is 2. The lowest BCUT2D eigenvalue weighted by Crippen LogP contribution is -2.56. The van der Waals surface area contributed by atoms with Gasteiger partial charge in [-0.2, -0.15) is 10.5 Å². The second kappa shape index (κ2) is 7.13. The van der Waals surface area contributed by atoms with Crippen LogP contribution in [0.3, 0.4) is 0 Å². The number of nitrogens with one attached hydrogen (secondary N) is 4. The topological polar surface area (TPSA) is 127 Å². The summed E-state index contributed by atoms with van der Waals surface area (Å²) in [4.78, 5) is 12.1. The first kappa shape index (κ1) is 13.9. The van der Waals surface area contributed by atoms with Crippen LogP contribution in [0.1, 0.15) is 0 Å². The molecule has 106 valence electrons. The monoisotopic (exact) mass is 276 g/mol. The van der Waals surface area contributed by atoms with Gasteiger partial charge in [-0.05, 0) is 0 Å². The summed E-state index contributed by atoms with van der Waals surface area (Å²) in [5.74, 6) is 1.03. The van der Waals surface area contributed by atoms with E-state index >= 15 is 0 Å². The van der Waals surface area contributed by atoms with Gasteiger partial charge in [0, 0.05) is 13.1 Å². The van der Waals surface area contributed by atoms with Crippen molar-refractivity contribution < 1.29 is 0 Å². The number of guanidine groups is 2. The van der Waals surface area contributed by atoms with Crippen molar-refractivity contribution >= 4 is 11.9 Å². The fraction of sp³-hybridized carbons (Fsp3) is 0.600. The standard InChI is InChI=1S/C10H16N10/c11-3-13-9-15-5-19(6-16-9)1-2-20-7-17-10(14-4-12)18-8-20/h1-2,5-8H2,(H2,13,15,16)(H2,14,17,18). The van der Waals surface area contributed by atoms with Crippen molar-refractivity contribution in [1.82, 2.24) is 31.1 Å². The van der Waals surface area contributed by atoms with Gasteiger partial charge >= 0.3 is 0 Å². The van der Waals surface area contributed by atoms with Crippen LogP contribution in [-0.4, -0.2) is 61.5 Å². The Balaban J connectivity index is 1.67. The fourth-order valence-corrected chi connectivity index (χ4v) is 1.81. The van der Waals surface area contributed by atoms with E-state index in [1.54, 1.807) is 6.19 Å². The molecule has 4 N–H and O–H groups in total. The van der Waals surface area contributed by atoms with E-state index in [0.717, 1.165) is 13.1 Å². The Morgan fingerprint density at radius 2 is 1.85 bits per heavy atom. The molecule has 2 rings (SSSR count). The maximum Gasteiger partial charge on any atom is 0.209 e. The highest BCUT2D eigenvalue weighted by Crippen LogP contribution is 1.96. The molecule has 1 saturated heterocycles. The van der Waals surface area contributed by atoms with E-state index in [0.29, 0.717) is 38.6 Å². The molecule has 0 bridgehead atoms. The number of rotatable bonds is 3. The molecule has 0 aromatic carbocycles. The molecule has 0 aromatic rings. The van der Waals surface area contributed by atoms with E-state index in [9.17, 15) is 0 Å². The minimum Gasteiger partial charge on any atom is -0.343 e. The Hall–Kier alpha value is -2.56. The Kier molecular flexibility index (Phi) is 4.94. The molecule has 0 aromatic heterocycles. The molecule has 0 saturated carbocycles. The highest BCUT2D eigenvalue weighted by molar-refractivity contribution is 5.81. The third-order valence-electron chi connectivity index (χ3n) is 2.91. The van der Waals surface area contributed by atoms with Gasteiger partial charge in [0.15, 0.2) is 6.19 Å². The maximum atomic E-state index is 8.47. The van der Waals surface area contributed by atoms with Crippen molar-refractivity contribution in [1.29, 1.82) is 10.5 Å². The van der Waals surface area contributed by atoms with Gasteiger partial charge in [-0.25, -0.2) is 4.99 Å². The summed E-state index contributed by atoms with van der Waals surface area (Å²) in [7, 11) is 0. The number of nitriles is 2. The van der Waals surface area contributed by atoms with Gasteiger partial charge in [-0.3, -0.25) is 15.1 Å². The van der Waals surface area contributed by atoms with E-state index in [1.165, 1.54) is 0 Å². The van der Waals surface area contributed by atoms with Gasteiger partial charge < -0.3 is 16.0 Å². The third-order valence-corrected chi connectivity index (χ3v) is 2.91. The molecule has 1 fully saturated rings. The van der Waals surface area contributed by atoms with E-state index in [4.69, 9.17) is 10.5 Å². The zero-order valence-corrected chi connectivity index (χ0v) is 10.9. The highest BCUT2D eigenvalue weighted by Gasteiger charge is 2.16. The van der Waals surface area contributed by atoms with Crippen LogP contribution in [0.25, 0.3) is 0 Å². The first-order chi connectivity index (χ1) is 9.81. The normalized spacial score (nSPS) is 19.5. The molecular formula is C10H16N10. The van der Waals surface area contributed by atoms with E-state index in [2.05, 4.69) is 41.1 Å². The van der Waals surface area contributed by atoms with Crippen LogP contribution >= 0.6 is 0 Å². The van der Waals surface area contributed by atoms with Crippen molar-refractivity contribution in [3.05, 3.63) is 0 Å². The third kappa shape index (κ3) is 3.98. The summed E-state index contributed by atoms with van der Waals surface area (Å²) in [6, 6.07) is 0. The molecule has 0 atom stereocenters. The Morgan fingerprint density at radius 3 is 2.45 bits per heavy atom. The van der Waals surface area contributed by atoms with Crippen molar-refractivity contribution in [2.24, 2.45) is 9.98 Å². The molecule has 20 heavy (non-hydrogen) atoms. The van der Waals surface area contributed by atoms with Crippen molar-refractivity contribution in [2.45, 2.75) is 0 Å². The van der Waals surface area contributed by atoms with Gasteiger partial charge in [-0.1, -0.05) is 0 Å². The lowest BCUT2D eigenvalue weighted by molar-refractivity contribution is 0.183. The van der Waals surface area contributed by atoms with Gasteiger partial charge in [-0.15, -0.1) is 4.99 Å². The second-order valence-electron chi connectivity index (χ2n) is 4.24. The van der Waals surface area contributed by atoms with E-state index < -0.39 is 0 Å². The molecule has 2 aliphatic rings. The smallest absolute Gasteiger partial charge is 0.209 e. The fourth-order valence-electron chi connectivity index (χ4n) is 1.81. The maximum absolute atomic E-state index is 8.47. The summed E-state index contributed by atoms with van der Waals surface area (Å²) in [5, 5.41) is 28.4. The van der Waals surface area contributed by atoms with Crippen LogP contribution in [0.4, 0.5) is 0 Å². The molecule has 2 heterocycles. The Labute approximate surface area is 116 Å². The number of nitrogens with zero attached hydrogens (tertiary/aromatic N) is 6. The average Bonchev–Trinajstić information content (AvgIpc) is 2.49. The SMILES string of the molecule is N#CN=C1NCN(CCN2CN=C(NC#N)NC2)CN1. The molecule has 0 spiro atoms. The van der Waals surface area contributed by atoms with Crippen LogP contribution < -0.4 is 21.3 Å². The molecule has 10 heteroatoms. The molecular weight excluding hydrogens is 260 g/mol. The van der Waals surface area contributed by atoms with E-state index in [-0.39, 0.29) is 0 Å². The molecule has 0 radical (unpaired) electrons. The lowest BCUT2D eigenvalue weighted by atomic mass is 10.4. The predicted molar refractivity (Wildman–Crippen MR) is 71.5 cm³/mol. The summed E-state index contributed by atoms with van der Waals surface area (Å²) < 4.78 is 0. The molecule has 10 nitrogen and oxygen atoms in total. The second-order valence-corrected chi connectivity index (χ2v) is 4.24. The highest BCUT2D eigenvalue weighted by atomic mass is 15.4. The molecule has 0 unspecified atom stereocenters. The van der Waals surface area contributed by atoms with Crippen molar-refractivity contribution in [2.75, 3.05) is 39.8 Å². The van der Waals surface area contributed by atoms with Gasteiger partial charge in [0.25, 0.3) is 0 Å². The van der Waals surface area contributed by atoms with Gasteiger partial charge in [0.05, 0.1) is 26.7 Å². The van der Waals surface area contributed by atoms with Gasteiger partial charge in [0.1, 0.15) is 0 Å². The zero-order chi connectivity index (χ0) is 14.2.